The Balaban J connectivity index is 0.000000256. The number of hydrogen-bond donors (Lipinski definition) is 2. The lowest BCUT2D eigenvalue weighted by atomic mass is 10.2. The summed E-state index contributed by atoms with van der Waals surface area (Å²) in [7, 11) is 0. The molecule has 3 aromatic rings. The van der Waals surface area contributed by atoms with Crippen molar-refractivity contribution in [3.8, 4) is 0 Å². The van der Waals surface area contributed by atoms with Crippen LogP contribution < -0.4 is 0 Å². The van der Waals surface area contributed by atoms with Crippen molar-refractivity contribution in [3.05, 3.63) is 66.4 Å². The van der Waals surface area contributed by atoms with Crippen LogP contribution in [-0.4, -0.2) is 26.1 Å². The molecule has 1 heterocycles. The molecule has 0 atom stereocenters. The van der Waals surface area contributed by atoms with Gasteiger partial charge in [0.05, 0.1) is 5.69 Å². The van der Waals surface area contributed by atoms with Gasteiger partial charge < -0.3 is 10.1 Å². The van der Waals surface area contributed by atoms with Gasteiger partial charge in [-0.05, 0) is 18.2 Å². The van der Waals surface area contributed by atoms with Crippen molar-refractivity contribution < 1.29 is 9.90 Å². The predicted octanol–water partition coefficient (Wildman–Crippen LogP) is 5.36. The van der Waals surface area contributed by atoms with Crippen molar-refractivity contribution in [3.63, 3.8) is 0 Å². The van der Waals surface area contributed by atoms with Gasteiger partial charge >= 0.3 is 5.97 Å². The molecule has 0 aliphatic heterocycles. The van der Waals surface area contributed by atoms with Crippen LogP contribution in [0.5, 0.6) is 0 Å². The Bertz CT molecular complexity index is 840. The quantitative estimate of drug-likeness (QED) is 0.462. The SMILES string of the molecule is C(=Nc1ccccc1)c1c[nH]c2ccccc12.O=C(O)C(Cl)(Cl)Cl. The maximum Gasteiger partial charge on any atom is 0.356 e. The number of halogens is 3. The van der Waals surface area contributed by atoms with Crippen LogP contribution in [0.3, 0.4) is 0 Å². The molecule has 0 fully saturated rings. The highest BCUT2D eigenvalue weighted by molar-refractivity contribution is 6.75. The van der Waals surface area contributed by atoms with E-state index >= 15 is 0 Å². The second-order valence-electron chi connectivity index (χ2n) is 4.69. The summed E-state index contributed by atoms with van der Waals surface area (Å²) in [4.78, 5) is 17.3. The van der Waals surface area contributed by atoms with E-state index in [0.29, 0.717) is 0 Å². The number of carboxylic acids is 1. The Kier molecular flexibility index (Phi) is 6.26. The normalized spacial score (nSPS) is 11.3. The fourth-order valence-electron chi connectivity index (χ4n) is 1.86. The fourth-order valence-corrected chi connectivity index (χ4v) is 1.86. The lowest BCUT2D eigenvalue weighted by Crippen LogP contribution is -2.16. The molecule has 3 rings (SSSR count). The van der Waals surface area contributed by atoms with Gasteiger partial charge in [-0.3, -0.25) is 4.99 Å². The number of nitrogens with zero attached hydrogens (tertiary/aromatic N) is 1. The monoisotopic (exact) mass is 382 g/mol. The van der Waals surface area contributed by atoms with Crippen LogP contribution in [0.2, 0.25) is 0 Å². The van der Waals surface area contributed by atoms with E-state index in [1.54, 1.807) is 0 Å². The van der Waals surface area contributed by atoms with E-state index in [2.05, 4.69) is 22.1 Å². The second-order valence-corrected chi connectivity index (χ2v) is 6.97. The standard InChI is InChI=1S/C15H12N2.C2HCl3O2/c1-2-6-13(7-3-1)16-10-12-11-17-15-9-5-4-8-14(12)15;3-2(4,5)1(6)7/h1-11,17H;(H,6,7). The molecule has 0 bridgehead atoms. The van der Waals surface area contributed by atoms with Gasteiger partial charge in [-0.1, -0.05) is 71.2 Å². The first-order valence-corrected chi connectivity index (χ1v) is 7.96. The maximum absolute atomic E-state index is 9.62. The molecule has 2 N–H and O–H groups in total. The van der Waals surface area contributed by atoms with Gasteiger partial charge in [-0.2, -0.15) is 0 Å². The topological polar surface area (TPSA) is 65.5 Å². The van der Waals surface area contributed by atoms with Crippen molar-refractivity contribution in [1.82, 2.24) is 4.98 Å². The first-order chi connectivity index (χ1) is 11.4. The maximum atomic E-state index is 9.62. The summed E-state index contributed by atoms with van der Waals surface area (Å²) in [6.07, 6.45) is 3.88. The van der Waals surface area contributed by atoms with E-state index in [0.717, 1.165) is 16.8 Å². The summed E-state index contributed by atoms with van der Waals surface area (Å²) in [6.45, 7) is 0. The number of aromatic nitrogens is 1. The number of alkyl halides is 3. The average molecular weight is 384 g/mol. The number of carbonyl (C=O) groups is 1. The molecule has 0 amide bonds. The van der Waals surface area contributed by atoms with Crippen LogP contribution in [-0.2, 0) is 4.79 Å². The molecule has 4 nitrogen and oxygen atoms in total. The van der Waals surface area contributed by atoms with Gasteiger partial charge in [0, 0.05) is 28.9 Å². The number of aliphatic imine (C=N–C) groups is 1. The van der Waals surface area contributed by atoms with Gasteiger partial charge in [0.2, 0.25) is 0 Å². The zero-order valence-corrected chi connectivity index (χ0v) is 14.6. The van der Waals surface area contributed by atoms with E-state index in [1.165, 1.54) is 5.39 Å². The highest BCUT2D eigenvalue weighted by Gasteiger charge is 2.29. The van der Waals surface area contributed by atoms with Crippen LogP contribution in [0, 0.1) is 0 Å². The van der Waals surface area contributed by atoms with Gasteiger partial charge in [-0.25, -0.2) is 4.79 Å². The smallest absolute Gasteiger partial charge is 0.356 e. The molecule has 2 aromatic carbocycles. The fraction of sp³-hybridized carbons (Fsp3) is 0.0588. The van der Waals surface area contributed by atoms with E-state index in [-0.39, 0.29) is 0 Å². The number of hydrogen-bond acceptors (Lipinski definition) is 2. The van der Waals surface area contributed by atoms with E-state index in [1.807, 2.05) is 54.9 Å². The van der Waals surface area contributed by atoms with E-state index in [9.17, 15) is 4.79 Å². The number of fused-ring (bicyclic) bond motifs is 1. The summed E-state index contributed by atoms with van der Waals surface area (Å²) in [5.41, 5.74) is 3.23. The van der Waals surface area contributed by atoms with Crippen molar-refractivity contribution in [2.75, 3.05) is 0 Å². The second kappa shape index (κ2) is 8.20. The molecule has 7 heteroatoms. The number of carboxylic acid groups (broad SMARTS) is 1. The molecule has 0 spiro atoms. The number of nitrogens with one attached hydrogen (secondary N) is 1. The van der Waals surface area contributed by atoms with Crippen molar-refractivity contribution in [2.45, 2.75) is 3.79 Å². The molecule has 0 saturated carbocycles. The minimum atomic E-state index is -2.17. The minimum absolute atomic E-state index is 0.970. The van der Waals surface area contributed by atoms with Gasteiger partial charge in [0.1, 0.15) is 0 Å². The van der Waals surface area contributed by atoms with Crippen LogP contribution in [0.25, 0.3) is 10.9 Å². The van der Waals surface area contributed by atoms with E-state index in [4.69, 9.17) is 39.9 Å². The molecular formula is C17H13Cl3N2O2. The van der Waals surface area contributed by atoms with Crippen molar-refractivity contribution >= 4 is 63.6 Å². The Morgan fingerprint density at radius 3 is 2.25 bits per heavy atom. The summed E-state index contributed by atoms with van der Waals surface area (Å²) >= 11 is 14.4. The van der Waals surface area contributed by atoms with Crippen LogP contribution in [0.4, 0.5) is 5.69 Å². The Labute approximate surface area is 153 Å². The zero-order chi connectivity index (χ0) is 17.6. The Morgan fingerprint density at radius 2 is 1.62 bits per heavy atom. The number of benzene rings is 2. The first kappa shape index (κ1) is 18.3. The number of aromatic amines is 1. The molecule has 0 aliphatic carbocycles. The van der Waals surface area contributed by atoms with Gasteiger partial charge in [0.15, 0.2) is 0 Å². The van der Waals surface area contributed by atoms with Crippen molar-refractivity contribution in [1.29, 1.82) is 0 Å². The molecule has 0 radical (unpaired) electrons. The van der Waals surface area contributed by atoms with Crippen molar-refractivity contribution in [2.24, 2.45) is 4.99 Å². The number of aliphatic carboxylic acids is 1. The van der Waals surface area contributed by atoms with Crippen LogP contribution in [0.15, 0.2) is 65.8 Å². The third-order valence-corrected chi connectivity index (χ3v) is 3.46. The highest BCUT2D eigenvalue weighted by Crippen LogP contribution is 2.25. The molecule has 0 aliphatic rings. The molecule has 124 valence electrons. The predicted molar refractivity (Wildman–Crippen MR) is 99.9 cm³/mol. The molecular weight excluding hydrogens is 371 g/mol. The Hall–Kier alpha value is -2.01. The summed E-state index contributed by atoms with van der Waals surface area (Å²) in [5.74, 6) is -1.46. The molecule has 24 heavy (non-hydrogen) atoms. The number of H-pyrrole nitrogens is 1. The zero-order valence-electron chi connectivity index (χ0n) is 12.3. The van der Waals surface area contributed by atoms with Gasteiger partial charge in [0.25, 0.3) is 3.79 Å². The third-order valence-electron chi connectivity index (χ3n) is 2.97. The summed E-state index contributed by atoms with van der Waals surface area (Å²) in [6, 6.07) is 18.2. The van der Waals surface area contributed by atoms with Crippen LogP contribution in [0.1, 0.15) is 5.56 Å². The first-order valence-electron chi connectivity index (χ1n) is 6.83. The minimum Gasteiger partial charge on any atom is -0.478 e. The highest BCUT2D eigenvalue weighted by atomic mass is 35.6. The molecule has 1 aromatic heterocycles. The third kappa shape index (κ3) is 5.27. The molecule has 0 saturated heterocycles. The van der Waals surface area contributed by atoms with E-state index < -0.39 is 9.76 Å². The lowest BCUT2D eigenvalue weighted by Gasteiger charge is -1.99. The largest absolute Gasteiger partial charge is 0.478 e. The summed E-state index contributed by atoms with van der Waals surface area (Å²) in [5, 5.41) is 9.06. The van der Waals surface area contributed by atoms with Gasteiger partial charge in [-0.15, -0.1) is 0 Å². The average Bonchev–Trinajstić information content (AvgIpc) is 2.97. The number of rotatable bonds is 2. The number of para-hydroxylation sites is 2. The van der Waals surface area contributed by atoms with Crippen LogP contribution >= 0.6 is 34.8 Å². The Morgan fingerprint density at radius 1 is 1.04 bits per heavy atom. The summed E-state index contributed by atoms with van der Waals surface area (Å²) < 4.78 is -2.17. The lowest BCUT2D eigenvalue weighted by molar-refractivity contribution is -0.135. The molecule has 0 unspecified atom stereocenters.